The van der Waals surface area contributed by atoms with E-state index in [4.69, 9.17) is 11.6 Å². The Kier molecular flexibility index (Phi) is 6.35. The van der Waals surface area contributed by atoms with E-state index >= 15 is 0 Å². The minimum atomic E-state index is -4.50. The number of aromatic nitrogens is 2. The molecule has 0 aliphatic carbocycles. The highest BCUT2D eigenvalue weighted by atomic mass is 35.5. The number of rotatable bonds is 3. The molecule has 2 aromatic carbocycles. The van der Waals surface area contributed by atoms with Crippen molar-refractivity contribution in [3.8, 4) is 5.69 Å². The predicted octanol–water partition coefficient (Wildman–Crippen LogP) is 4.59. The van der Waals surface area contributed by atoms with E-state index in [1.165, 1.54) is 44.9 Å². The minimum Gasteiger partial charge on any atom is -0.335 e. The average molecular weight is 495 g/mol. The number of amides is 2. The second-order valence-corrected chi connectivity index (χ2v) is 8.25. The van der Waals surface area contributed by atoms with Gasteiger partial charge in [0.1, 0.15) is 5.82 Å². The largest absolute Gasteiger partial charge is 0.416 e. The fourth-order valence-corrected chi connectivity index (χ4v) is 3.98. The van der Waals surface area contributed by atoms with Crippen LogP contribution in [0, 0.1) is 12.7 Å². The molecule has 11 heteroatoms. The third kappa shape index (κ3) is 4.63. The summed E-state index contributed by atoms with van der Waals surface area (Å²) in [6, 6.07) is 8.43. The lowest BCUT2D eigenvalue weighted by Crippen LogP contribution is -2.50. The summed E-state index contributed by atoms with van der Waals surface area (Å²) in [6.45, 7) is 2.40. The van der Waals surface area contributed by atoms with Crippen LogP contribution in [-0.4, -0.2) is 57.6 Å². The van der Waals surface area contributed by atoms with Crippen LogP contribution in [0.25, 0.3) is 5.69 Å². The number of hydrogen-bond donors (Lipinski definition) is 0. The first-order chi connectivity index (χ1) is 16.1. The summed E-state index contributed by atoms with van der Waals surface area (Å²) in [7, 11) is 0. The topological polar surface area (TPSA) is 58.4 Å². The van der Waals surface area contributed by atoms with Crippen LogP contribution in [0.15, 0.2) is 48.7 Å². The lowest BCUT2D eigenvalue weighted by atomic mass is 10.1. The van der Waals surface area contributed by atoms with Gasteiger partial charge in [-0.2, -0.15) is 18.3 Å². The first-order valence-corrected chi connectivity index (χ1v) is 10.7. The van der Waals surface area contributed by atoms with Crippen LogP contribution in [0.1, 0.15) is 32.0 Å². The third-order valence-electron chi connectivity index (χ3n) is 5.67. The lowest BCUT2D eigenvalue weighted by Gasteiger charge is -2.34. The molecule has 0 atom stereocenters. The summed E-state index contributed by atoms with van der Waals surface area (Å²) >= 11 is 5.87. The van der Waals surface area contributed by atoms with Crippen molar-refractivity contribution in [1.82, 2.24) is 19.6 Å². The SMILES string of the molecule is Cc1c(C(=O)N2CCN(C(=O)c3cc(Cl)ccc3F)CC2)cnn1-c1cccc(C(F)(F)F)c1. The number of hydrogen-bond acceptors (Lipinski definition) is 3. The van der Waals surface area contributed by atoms with Crippen molar-refractivity contribution >= 4 is 23.4 Å². The fourth-order valence-electron chi connectivity index (χ4n) is 3.81. The first-order valence-electron chi connectivity index (χ1n) is 10.3. The summed E-state index contributed by atoms with van der Waals surface area (Å²) in [4.78, 5) is 28.7. The molecule has 0 radical (unpaired) electrons. The van der Waals surface area contributed by atoms with Gasteiger partial charge in [0.25, 0.3) is 11.8 Å². The zero-order valence-corrected chi connectivity index (χ0v) is 18.7. The summed E-state index contributed by atoms with van der Waals surface area (Å²) in [5, 5.41) is 4.35. The van der Waals surface area contributed by atoms with E-state index in [1.807, 2.05) is 0 Å². The van der Waals surface area contributed by atoms with Crippen molar-refractivity contribution in [1.29, 1.82) is 0 Å². The standard InChI is InChI=1S/C23H19ClF4N4O2/c1-14-19(13-29-32(14)17-4-2-3-15(11-17)23(26,27)28)22(34)31-9-7-30(8-10-31)21(33)18-12-16(24)5-6-20(18)25/h2-6,11-13H,7-10H2,1H3. The van der Waals surface area contributed by atoms with E-state index in [0.717, 1.165) is 18.2 Å². The van der Waals surface area contributed by atoms with E-state index in [1.54, 1.807) is 6.92 Å². The first kappa shape index (κ1) is 23.7. The number of benzene rings is 2. The molecule has 6 nitrogen and oxygen atoms in total. The van der Waals surface area contributed by atoms with Crippen LogP contribution in [0.4, 0.5) is 17.6 Å². The zero-order chi connectivity index (χ0) is 24.6. The molecule has 4 rings (SSSR count). The average Bonchev–Trinajstić information content (AvgIpc) is 3.20. The van der Waals surface area contributed by atoms with Gasteiger partial charge in [-0.3, -0.25) is 9.59 Å². The van der Waals surface area contributed by atoms with Gasteiger partial charge in [-0.25, -0.2) is 9.07 Å². The van der Waals surface area contributed by atoms with Gasteiger partial charge < -0.3 is 9.80 Å². The van der Waals surface area contributed by atoms with Gasteiger partial charge in [0.15, 0.2) is 0 Å². The Labute approximate surface area is 197 Å². The summed E-state index contributed by atoms with van der Waals surface area (Å²) in [6.07, 6.45) is -3.18. The molecular weight excluding hydrogens is 476 g/mol. The van der Waals surface area contributed by atoms with Crippen molar-refractivity contribution in [2.45, 2.75) is 13.1 Å². The highest BCUT2D eigenvalue weighted by Crippen LogP contribution is 2.30. The molecule has 2 amide bonds. The molecule has 3 aromatic rings. The molecule has 1 aromatic heterocycles. The molecule has 0 spiro atoms. The van der Waals surface area contributed by atoms with E-state index in [-0.39, 0.29) is 53.9 Å². The smallest absolute Gasteiger partial charge is 0.335 e. The molecule has 1 aliphatic heterocycles. The van der Waals surface area contributed by atoms with Crippen LogP contribution >= 0.6 is 11.6 Å². The Hall–Kier alpha value is -3.40. The molecule has 0 saturated carbocycles. The van der Waals surface area contributed by atoms with Gasteiger partial charge in [-0.05, 0) is 43.3 Å². The number of alkyl halides is 3. The van der Waals surface area contributed by atoms with E-state index in [2.05, 4.69) is 5.10 Å². The molecule has 34 heavy (non-hydrogen) atoms. The van der Waals surface area contributed by atoms with Gasteiger partial charge in [-0.15, -0.1) is 0 Å². The number of carbonyl (C=O) groups excluding carboxylic acids is 2. The molecule has 1 fully saturated rings. The Morgan fingerprint density at radius 3 is 2.18 bits per heavy atom. The maximum atomic E-state index is 14.0. The van der Waals surface area contributed by atoms with Crippen LogP contribution in [0.5, 0.6) is 0 Å². The molecule has 1 aliphatic rings. The minimum absolute atomic E-state index is 0.134. The van der Waals surface area contributed by atoms with E-state index in [0.29, 0.717) is 5.69 Å². The quantitative estimate of drug-likeness (QED) is 0.500. The maximum Gasteiger partial charge on any atom is 0.416 e. The number of piperazine rings is 1. The molecule has 2 heterocycles. The molecule has 1 saturated heterocycles. The Balaban J connectivity index is 1.47. The van der Waals surface area contributed by atoms with Crippen LogP contribution in [0.3, 0.4) is 0 Å². The molecular formula is C23H19ClF4N4O2. The lowest BCUT2D eigenvalue weighted by molar-refractivity contribution is -0.137. The van der Waals surface area contributed by atoms with Gasteiger partial charge in [0.05, 0.1) is 34.3 Å². The predicted molar refractivity (Wildman–Crippen MR) is 117 cm³/mol. The third-order valence-corrected chi connectivity index (χ3v) is 5.91. The molecule has 0 unspecified atom stereocenters. The molecule has 0 bridgehead atoms. The second kappa shape index (κ2) is 9.09. The van der Waals surface area contributed by atoms with Crippen molar-refractivity contribution in [3.05, 3.63) is 81.9 Å². The summed E-state index contributed by atoms with van der Waals surface area (Å²) < 4.78 is 54.5. The zero-order valence-electron chi connectivity index (χ0n) is 17.9. The monoisotopic (exact) mass is 494 g/mol. The van der Waals surface area contributed by atoms with Gasteiger partial charge in [-0.1, -0.05) is 17.7 Å². The summed E-state index contributed by atoms with van der Waals surface area (Å²) in [5.74, 6) is -1.54. The number of nitrogens with zero attached hydrogens (tertiary/aromatic N) is 4. The fraction of sp³-hybridized carbons (Fsp3) is 0.261. The molecule has 0 N–H and O–H groups in total. The van der Waals surface area contributed by atoms with Crippen LogP contribution in [-0.2, 0) is 6.18 Å². The highest BCUT2D eigenvalue weighted by molar-refractivity contribution is 6.31. The van der Waals surface area contributed by atoms with Gasteiger partial charge in [0.2, 0.25) is 0 Å². The highest BCUT2D eigenvalue weighted by Gasteiger charge is 2.31. The van der Waals surface area contributed by atoms with Crippen molar-refractivity contribution in [2.75, 3.05) is 26.2 Å². The van der Waals surface area contributed by atoms with Crippen LogP contribution < -0.4 is 0 Å². The van der Waals surface area contributed by atoms with E-state index in [9.17, 15) is 27.2 Å². The summed E-state index contributed by atoms with van der Waals surface area (Å²) in [5.41, 5.74) is -0.123. The van der Waals surface area contributed by atoms with Crippen molar-refractivity contribution in [2.24, 2.45) is 0 Å². The number of carbonyl (C=O) groups is 2. The van der Waals surface area contributed by atoms with Crippen molar-refractivity contribution < 1.29 is 27.2 Å². The van der Waals surface area contributed by atoms with Gasteiger partial charge >= 0.3 is 6.18 Å². The number of halogens is 5. The second-order valence-electron chi connectivity index (χ2n) is 7.81. The molecule has 178 valence electrons. The van der Waals surface area contributed by atoms with Crippen LogP contribution in [0.2, 0.25) is 5.02 Å². The normalized spacial score (nSPS) is 14.4. The van der Waals surface area contributed by atoms with Crippen molar-refractivity contribution in [3.63, 3.8) is 0 Å². The maximum absolute atomic E-state index is 14.0. The Bertz CT molecular complexity index is 1250. The van der Waals surface area contributed by atoms with E-state index < -0.39 is 23.5 Å². The Morgan fingerprint density at radius 2 is 1.56 bits per heavy atom. The Morgan fingerprint density at radius 1 is 0.941 bits per heavy atom. The van der Waals surface area contributed by atoms with Gasteiger partial charge in [0, 0.05) is 31.2 Å².